The molecule has 0 radical (unpaired) electrons. The van der Waals surface area contributed by atoms with Crippen molar-refractivity contribution in [2.75, 3.05) is 7.11 Å². The smallest absolute Gasteiger partial charge is 0.507 e. The maximum Gasteiger partial charge on any atom is 0.513 e. The number of hydrogen-bond acceptors (Lipinski definition) is 6. The topological polar surface area (TPSA) is 89.9 Å². The van der Waals surface area contributed by atoms with E-state index in [2.05, 4.69) is 4.74 Å². The highest BCUT2D eigenvalue weighted by atomic mass is 16.7. The van der Waals surface area contributed by atoms with Crippen LogP contribution in [-0.4, -0.2) is 29.9 Å². The number of carbonyl (C=O) groups is 3. The molecule has 1 N–H and O–H groups in total. The number of aromatic hydroxyl groups is 1. The predicted octanol–water partition coefficient (Wildman–Crippen LogP) is 4.25. The molecule has 0 atom stereocenters. The molecular weight excluding hydrogens is 360 g/mol. The SMILES string of the molecule is COC(=O)OC1=C(C(=O)c2ccc(C(=O)c3c(C)cccc3C)c(O)c2)CC1. The van der Waals surface area contributed by atoms with Gasteiger partial charge in [0.15, 0.2) is 11.6 Å². The molecular formula is C22H20O6. The molecule has 0 aliphatic heterocycles. The third-order valence-electron chi connectivity index (χ3n) is 4.80. The zero-order chi connectivity index (χ0) is 20.4. The number of ether oxygens (including phenoxy) is 2. The number of phenols is 1. The average Bonchev–Trinajstić information content (AvgIpc) is 2.64. The molecule has 0 bridgehead atoms. The molecule has 1 aliphatic carbocycles. The van der Waals surface area contributed by atoms with Crippen molar-refractivity contribution >= 4 is 17.7 Å². The molecule has 28 heavy (non-hydrogen) atoms. The molecule has 1 aliphatic rings. The first-order chi connectivity index (χ1) is 13.3. The fourth-order valence-corrected chi connectivity index (χ4v) is 3.19. The fraction of sp³-hybridized carbons (Fsp3) is 0.227. The minimum atomic E-state index is -0.877. The van der Waals surface area contributed by atoms with Gasteiger partial charge < -0.3 is 14.6 Å². The van der Waals surface area contributed by atoms with Crippen molar-refractivity contribution in [1.82, 2.24) is 0 Å². The van der Waals surface area contributed by atoms with Gasteiger partial charge in [-0.1, -0.05) is 24.3 Å². The Kier molecular flexibility index (Phi) is 5.31. The molecule has 0 heterocycles. The lowest BCUT2D eigenvalue weighted by molar-refractivity contribution is 0.0867. The van der Waals surface area contributed by atoms with Gasteiger partial charge in [0.05, 0.1) is 12.7 Å². The van der Waals surface area contributed by atoms with E-state index >= 15 is 0 Å². The standard InChI is InChI=1S/C22H20O6/c1-12-5-4-6-13(2)19(12)21(25)15-8-7-14(11-17(15)23)20(24)16-9-10-18(16)28-22(26)27-3/h4-8,11,23H,9-10H2,1-3H3. The van der Waals surface area contributed by atoms with Crippen LogP contribution >= 0.6 is 0 Å². The van der Waals surface area contributed by atoms with Crippen molar-refractivity contribution in [3.05, 3.63) is 75.5 Å². The minimum Gasteiger partial charge on any atom is -0.507 e. The van der Waals surface area contributed by atoms with Crippen LogP contribution in [0, 0.1) is 13.8 Å². The van der Waals surface area contributed by atoms with E-state index in [9.17, 15) is 19.5 Å². The minimum absolute atomic E-state index is 0.127. The molecule has 2 aromatic carbocycles. The number of hydrogen-bond donors (Lipinski definition) is 1. The summed E-state index contributed by atoms with van der Waals surface area (Å²) in [6.07, 6.45) is 0.0534. The van der Waals surface area contributed by atoms with Crippen molar-refractivity contribution in [3.63, 3.8) is 0 Å². The van der Waals surface area contributed by atoms with Gasteiger partial charge in [0.1, 0.15) is 11.5 Å². The van der Waals surface area contributed by atoms with E-state index in [0.717, 1.165) is 11.1 Å². The molecule has 0 unspecified atom stereocenters. The Hall–Kier alpha value is -3.41. The Labute approximate surface area is 162 Å². The van der Waals surface area contributed by atoms with Gasteiger partial charge in [-0.2, -0.15) is 0 Å². The van der Waals surface area contributed by atoms with Crippen LogP contribution in [0.2, 0.25) is 0 Å². The van der Waals surface area contributed by atoms with E-state index in [-0.39, 0.29) is 34.2 Å². The lowest BCUT2D eigenvalue weighted by atomic mass is 9.88. The summed E-state index contributed by atoms with van der Waals surface area (Å²) in [6, 6.07) is 9.73. The first kappa shape index (κ1) is 19.4. The molecule has 3 rings (SSSR count). The zero-order valence-electron chi connectivity index (χ0n) is 15.9. The highest BCUT2D eigenvalue weighted by Gasteiger charge is 2.29. The van der Waals surface area contributed by atoms with Gasteiger partial charge in [-0.3, -0.25) is 9.59 Å². The highest BCUT2D eigenvalue weighted by molar-refractivity contribution is 6.14. The van der Waals surface area contributed by atoms with Crippen molar-refractivity contribution in [2.24, 2.45) is 0 Å². The van der Waals surface area contributed by atoms with Crippen LogP contribution in [0.5, 0.6) is 5.75 Å². The molecule has 0 saturated heterocycles. The molecule has 0 fully saturated rings. The van der Waals surface area contributed by atoms with Crippen molar-refractivity contribution in [1.29, 1.82) is 0 Å². The van der Waals surface area contributed by atoms with Crippen LogP contribution in [-0.2, 0) is 9.47 Å². The molecule has 0 saturated carbocycles. The van der Waals surface area contributed by atoms with E-state index in [0.29, 0.717) is 24.0 Å². The zero-order valence-corrected chi connectivity index (χ0v) is 15.9. The molecule has 0 amide bonds. The second kappa shape index (κ2) is 7.68. The predicted molar refractivity (Wildman–Crippen MR) is 102 cm³/mol. The van der Waals surface area contributed by atoms with E-state index in [1.807, 2.05) is 32.0 Å². The number of aryl methyl sites for hydroxylation is 2. The Morgan fingerprint density at radius 3 is 2.18 bits per heavy atom. The number of methoxy groups -OCH3 is 1. The summed E-state index contributed by atoms with van der Waals surface area (Å²) < 4.78 is 9.38. The fourth-order valence-electron chi connectivity index (χ4n) is 3.19. The summed E-state index contributed by atoms with van der Waals surface area (Å²) in [6.45, 7) is 3.67. The van der Waals surface area contributed by atoms with Gasteiger partial charge in [0.2, 0.25) is 0 Å². The largest absolute Gasteiger partial charge is 0.513 e. The number of Topliss-reactive ketones (excluding diaryl/α,β-unsaturated/α-hetero) is 1. The van der Waals surface area contributed by atoms with Crippen LogP contribution in [0.1, 0.15) is 50.2 Å². The summed E-state index contributed by atoms with van der Waals surface area (Å²) >= 11 is 0. The molecule has 6 nitrogen and oxygen atoms in total. The lowest BCUT2D eigenvalue weighted by Gasteiger charge is -2.21. The van der Waals surface area contributed by atoms with Gasteiger partial charge in [-0.05, 0) is 43.5 Å². The van der Waals surface area contributed by atoms with Crippen LogP contribution in [0.4, 0.5) is 4.79 Å². The summed E-state index contributed by atoms with van der Waals surface area (Å²) in [4.78, 5) is 36.7. The number of allylic oxidation sites excluding steroid dienone is 2. The second-order valence-corrected chi connectivity index (χ2v) is 6.61. The number of ketones is 2. The van der Waals surface area contributed by atoms with Crippen LogP contribution in [0.25, 0.3) is 0 Å². The summed E-state index contributed by atoms with van der Waals surface area (Å²) in [5.41, 5.74) is 2.87. The van der Waals surface area contributed by atoms with E-state index in [1.54, 1.807) is 0 Å². The Morgan fingerprint density at radius 2 is 1.64 bits per heavy atom. The quantitative estimate of drug-likeness (QED) is 0.616. The summed E-state index contributed by atoms with van der Waals surface area (Å²) in [7, 11) is 1.19. The maximum atomic E-state index is 12.9. The Balaban J connectivity index is 1.89. The van der Waals surface area contributed by atoms with Crippen LogP contribution in [0.15, 0.2) is 47.7 Å². The highest BCUT2D eigenvalue weighted by Crippen LogP contribution is 2.33. The number of rotatable bonds is 5. The van der Waals surface area contributed by atoms with Gasteiger partial charge in [0, 0.05) is 23.1 Å². The van der Waals surface area contributed by atoms with Crippen molar-refractivity contribution < 1.29 is 29.0 Å². The first-order valence-corrected chi connectivity index (χ1v) is 8.80. The second-order valence-electron chi connectivity index (χ2n) is 6.61. The van der Waals surface area contributed by atoms with E-state index in [1.165, 1.54) is 25.3 Å². The number of benzene rings is 2. The van der Waals surface area contributed by atoms with Gasteiger partial charge in [-0.25, -0.2) is 4.79 Å². The molecule has 0 aromatic heterocycles. The van der Waals surface area contributed by atoms with Crippen LogP contribution in [0.3, 0.4) is 0 Å². The van der Waals surface area contributed by atoms with Crippen molar-refractivity contribution in [3.8, 4) is 5.75 Å². The molecule has 144 valence electrons. The number of phenolic OH excluding ortho intramolecular Hbond substituents is 1. The lowest BCUT2D eigenvalue weighted by Crippen LogP contribution is -2.19. The third kappa shape index (κ3) is 3.53. The molecule has 0 spiro atoms. The molecule has 2 aromatic rings. The van der Waals surface area contributed by atoms with Gasteiger partial charge in [-0.15, -0.1) is 0 Å². The van der Waals surface area contributed by atoms with Crippen LogP contribution < -0.4 is 0 Å². The number of carbonyl (C=O) groups excluding carboxylic acids is 3. The summed E-state index contributed by atoms with van der Waals surface area (Å²) in [5.74, 6) is -0.655. The Morgan fingerprint density at radius 1 is 0.964 bits per heavy atom. The molecule has 6 heteroatoms. The van der Waals surface area contributed by atoms with E-state index < -0.39 is 6.16 Å². The monoisotopic (exact) mass is 380 g/mol. The third-order valence-corrected chi connectivity index (χ3v) is 4.80. The van der Waals surface area contributed by atoms with Crippen molar-refractivity contribution in [2.45, 2.75) is 26.7 Å². The first-order valence-electron chi connectivity index (χ1n) is 8.80. The average molecular weight is 380 g/mol. The normalized spacial score (nSPS) is 13.0. The van der Waals surface area contributed by atoms with E-state index in [4.69, 9.17) is 4.74 Å². The maximum absolute atomic E-state index is 12.9. The Bertz CT molecular complexity index is 995. The van der Waals surface area contributed by atoms with Gasteiger partial charge >= 0.3 is 6.16 Å². The van der Waals surface area contributed by atoms with Gasteiger partial charge in [0.25, 0.3) is 0 Å². The summed E-state index contributed by atoms with van der Waals surface area (Å²) in [5, 5.41) is 10.4.